The third-order valence-corrected chi connectivity index (χ3v) is 5.91. The molecule has 30 heavy (non-hydrogen) atoms. The van der Waals surface area contributed by atoms with Crippen LogP contribution in [0.5, 0.6) is 0 Å². The lowest BCUT2D eigenvalue weighted by Crippen LogP contribution is -2.40. The number of para-hydroxylation sites is 1. The summed E-state index contributed by atoms with van der Waals surface area (Å²) < 4.78 is 16.3. The molecule has 158 valence electrons. The van der Waals surface area contributed by atoms with Crippen LogP contribution in [-0.4, -0.2) is 46.4 Å². The van der Waals surface area contributed by atoms with Crippen molar-refractivity contribution < 1.29 is 23.2 Å². The molecule has 3 heterocycles. The predicted molar refractivity (Wildman–Crippen MR) is 110 cm³/mol. The summed E-state index contributed by atoms with van der Waals surface area (Å²) in [4.78, 5) is 35.0. The average Bonchev–Trinajstić information content (AvgIpc) is 3.40. The molecule has 1 amide bonds. The highest BCUT2D eigenvalue weighted by Gasteiger charge is 2.29. The molecule has 3 aromatic rings. The normalized spacial score (nSPS) is 14.9. The number of aryl methyl sites for hydroxylation is 1. The quantitative estimate of drug-likeness (QED) is 0.431. The van der Waals surface area contributed by atoms with Crippen LogP contribution < -0.4 is 0 Å². The number of esters is 1. The Kier molecular flexibility index (Phi) is 6.08. The summed E-state index contributed by atoms with van der Waals surface area (Å²) in [5.74, 6) is 0.334. The predicted octanol–water partition coefficient (Wildman–Crippen LogP) is 3.83. The topological polar surface area (TPSA) is 98.7 Å². The third kappa shape index (κ3) is 4.35. The Morgan fingerprint density at radius 2 is 2.07 bits per heavy atom. The van der Waals surface area contributed by atoms with Crippen LogP contribution in [0.1, 0.15) is 41.7 Å². The zero-order valence-electron chi connectivity index (χ0n) is 16.9. The highest BCUT2D eigenvalue weighted by atomic mass is 32.2. The van der Waals surface area contributed by atoms with Crippen molar-refractivity contribution in [3.05, 3.63) is 41.6 Å². The SMILES string of the molecule is CCOC(=O)C1CCN(C(=O)c2coc(CSc3nc4c(C)cccc4o3)n2)CC1. The maximum atomic E-state index is 12.7. The Morgan fingerprint density at radius 1 is 1.27 bits per heavy atom. The maximum absolute atomic E-state index is 12.7. The molecule has 1 aromatic carbocycles. The van der Waals surface area contributed by atoms with Crippen LogP contribution in [0.2, 0.25) is 0 Å². The second-order valence-corrected chi connectivity index (χ2v) is 8.06. The molecular formula is C21H23N3O5S. The minimum Gasteiger partial charge on any atom is -0.466 e. The van der Waals surface area contributed by atoms with E-state index in [1.807, 2.05) is 25.1 Å². The fourth-order valence-corrected chi connectivity index (χ4v) is 4.15. The van der Waals surface area contributed by atoms with Gasteiger partial charge in [-0.25, -0.2) is 9.97 Å². The minimum absolute atomic E-state index is 0.141. The lowest BCUT2D eigenvalue weighted by molar-refractivity contribution is -0.149. The molecule has 1 saturated heterocycles. The number of oxazole rings is 2. The van der Waals surface area contributed by atoms with Gasteiger partial charge in [0.25, 0.3) is 11.1 Å². The second-order valence-electron chi connectivity index (χ2n) is 7.14. The number of hydrogen-bond donors (Lipinski definition) is 0. The van der Waals surface area contributed by atoms with Gasteiger partial charge in [0.15, 0.2) is 11.3 Å². The van der Waals surface area contributed by atoms with Crippen molar-refractivity contribution in [1.82, 2.24) is 14.9 Å². The first-order chi connectivity index (χ1) is 14.5. The molecule has 0 N–H and O–H groups in total. The van der Waals surface area contributed by atoms with Crippen LogP contribution in [0, 0.1) is 12.8 Å². The first kappa shape index (κ1) is 20.5. The molecule has 1 aliphatic heterocycles. The van der Waals surface area contributed by atoms with E-state index in [4.69, 9.17) is 13.6 Å². The van der Waals surface area contributed by atoms with Crippen molar-refractivity contribution in [1.29, 1.82) is 0 Å². The van der Waals surface area contributed by atoms with E-state index >= 15 is 0 Å². The summed E-state index contributed by atoms with van der Waals surface area (Å²) in [6, 6.07) is 5.80. The lowest BCUT2D eigenvalue weighted by Gasteiger charge is -2.30. The number of aromatic nitrogens is 2. The zero-order chi connectivity index (χ0) is 21.1. The van der Waals surface area contributed by atoms with Gasteiger partial charge in [-0.15, -0.1) is 0 Å². The van der Waals surface area contributed by atoms with Crippen molar-refractivity contribution in [2.75, 3.05) is 19.7 Å². The molecule has 0 unspecified atom stereocenters. The van der Waals surface area contributed by atoms with E-state index in [2.05, 4.69) is 9.97 Å². The maximum Gasteiger partial charge on any atom is 0.309 e. The molecule has 4 rings (SSSR count). The van der Waals surface area contributed by atoms with Crippen LogP contribution in [0.15, 0.2) is 38.5 Å². The van der Waals surface area contributed by atoms with Gasteiger partial charge in [0.1, 0.15) is 11.8 Å². The number of hydrogen-bond acceptors (Lipinski definition) is 8. The van der Waals surface area contributed by atoms with Crippen LogP contribution in [0.3, 0.4) is 0 Å². The summed E-state index contributed by atoms with van der Waals surface area (Å²) >= 11 is 1.37. The van der Waals surface area contributed by atoms with Crippen LogP contribution >= 0.6 is 11.8 Å². The fourth-order valence-electron chi connectivity index (χ4n) is 3.47. The van der Waals surface area contributed by atoms with Crippen LogP contribution in [-0.2, 0) is 15.3 Å². The Hall–Kier alpha value is -2.81. The first-order valence-electron chi connectivity index (χ1n) is 9.94. The van der Waals surface area contributed by atoms with Gasteiger partial charge in [-0.3, -0.25) is 9.59 Å². The van der Waals surface area contributed by atoms with E-state index in [-0.39, 0.29) is 23.5 Å². The number of piperidine rings is 1. The fraction of sp³-hybridized carbons (Fsp3) is 0.429. The lowest BCUT2D eigenvalue weighted by atomic mass is 9.97. The molecular weight excluding hydrogens is 406 g/mol. The van der Waals surface area contributed by atoms with E-state index in [9.17, 15) is 9.59 Å². The van der Waals surface area contributed by atoms with Crippen LogP contribution in [0.25, 0.3) is 11.1 Å². The summed E-state index contributed by atoms with van der Waals surface area (Å²) in [6.07, 6.45) is 2.58. The van der Waals surface area contributed by atoms with Gasteiger partial charge in [-0.1, -0.05) is 23.9 Å². The van der Waals surface area contributed by atoms with E-state index in [1.165, 1.54) is 18.0 Å². The zero-order valence-corrected chi connectivity index (χ0v) is 17.7. The smallest absolute Gasteiger partial charge is 0.309 e. The second kappa shape index (κ2) is 8.91. The molecule has 0 radical (unpaired) electrons. The molecule has 1 fully saturated rings. The van der Waals surface area contributed by atoms with Gasteiger partial charge in [0.05, 0.1) is 18.3 Å². The monoisotopic (exact) mass is 429 g/mol. The van der Waals surface area contributed by atoms with Crippen LogP contribution in [0.4, 0.5) is 0 Å². The van der Waals surface area contributed by atoms with Crippen molar-refractivity contribution in [2.24, 2.45) is 5.92 Å². The third-order valence-electron chi connectivity index (χ3n) is 5.09. The highest BCUT2D eigenvalue weighted by Crippen LogP contribution is 2.28. The van der Waals surface area contributed by atoms with Gasteiger partial charge in [-0.2, -0.15) is 0 Å². The minimum atomic E-state index is -0.185. The van der Waals surface area contributed by atoms with E-state index in [0.717, 1.165) is 16.7 Å². The molecule has 0 atom stereocenters. The Bertz CT molecular complexity index is 1050. The standard InChI is InChI=1S/C21H23N3O5S/c1-3-27-20(26)14-7-9-24(10-8-14)19(25)15-11-28-17(22-15)12-30-21-23-18-13(2)5-4-6-16(18)29-21/h4-6,11,14H,3,7-10,12H2,1-2H3. The number of ether oxygens (including phenoxy) is 1. The number of rotatable bonds is 6. The number of likely N-dealkylation sites (tertiary alicyclic amines) is 1. The van der Waals surface area contributed by atoms with Gasteiger partial charge < -0.3 is 18.5 Å². The molecule has 8 nitrogen and oxygen atoms in total. The largest absolute Gasteiger partial charge is 0.466 e. The van der Waals surface area contributed by atoms with Gasteiger partial charge >= 0.3 is 5.97 Å². The molecule has 9 heteroatoms. The summed E-state index contributed by atoms with van der Waals surface area (Å²) in [7, 11) is 0. The van der Waals surface area contributed by atoms with E-state index in [1.54, 1.807) is 11.8 Å². The van der Waals surface area contributed by atoms with E-state index < -0.39 is 0 Å². The number of fused-ring (bicyclic) bond motifs is 1. The number of nitrogens with zero attached hydrogens (tertiary/aromatic N) is 3. The van der Waals surface area contributed by atoms with Gasteiger partial charge in [0.2, 0.25) is 5.89 Å². The van der Waals surface area contributed by atoms with Crippen molar-refractivity contribution in [3.8, 4) is 0 Å². The Morgan fingerprint density at radius 3 is 2.80 bits per heavy atom. The average molecular weight is 429 g/mol. The van der Waals surface area contributed by atoms with Gasteiger partial charge in [-0.05, 0) is 38.3 Å². The van der Waals surface area contributed by atoms with Gasteiger partial charge in [0, 0.05) is 13.1 Å². The van der Waals surface area contributed by atoms with Crippen molar-refractivity contribution in [2.45, 2.75) is 37.7 Å². The number of benzene rings is 1. The number of carbonyl (C=O) groups excluding carboxylic acids is 2. The molecule has 0 aliphatic carbocycles. The molecule has 0 bridgehead atoms. The number of amides is 1. The molecule has 0 saturated carbocycles. The first-order valence-corrected chi connectivity index (χ1v) is 10.9. The molecule has 1 aliphatic rings. The highest BCUT2D eigenvalue weighted by molar-refractivity contribution is 7.98. The number of thioether (sulfide) groups is 1. The number of carbonyl (C=O) groups is 2. The molecule has 2 aromatic heterocycles. The summed E-state index contributed by atoms with van der Waals surface area (Å²) in [5, 5.41) is 0.534. The summed E-state index contributed by atoms with van der Waals surface area (Å²) in [6.45, 7) is 5.16. The Labute approximate surface area is 178 Å². The summed E-state index contributed by atoms with van der Waals surface area (Å²) in [5.41, 5.74) is 2.91. The van der Waals surface area contributed by atoms with Crippen molar-refractivity contribution in [3.63, 3.8) is 0 Å². The van der Waals surface area contributed by atoms with E-state index in [0.29, 0.717) is 49.4 Å². The van der Waals surface area contributed by atoms with Crippen molar-refractivity contribution >= 4 is 34.7 Å². The molecule has 0 spiro atoms. The Balaban J connectivity index is 1.33.